The van der Waals surface area contributed by atoms with E-state index in [4.69, 9.17) is 0 Å². The maximum atomic E-state index is 12.1. The Balaban J connectivity index is 1.09. The van der Waals surface area contributed by atoms with Crippen LogP contribution in [0.4, 0.5) is 0 Å². The molecule has 10 aromatic rings. The van der Waals surface area contributed by atoms with Crippen molar-refractivity contribution >= 4 is 32.3 Å². The molecular formula is C55H38O. The smallest absolute Gasteiger partial charge is 0.131 e. The van der Waals surface area contributed by atoms with Gasteiger partial charge in [0.15, 0.2) is 0 Å². The van der Waals surface area contributed by atoms with Crippen molar-refractivity contribution in [2.24, 2.45) is 0 Å². The van der Waals surface area contributed by atoms with Gasteiger partial charge in [0, 0.05) is 11.1 Å². The molecule has 0 saturated heterocycles. The highest BCUT2D eigenvalue weighted by molar-refractivity contribution is 6.25. The molecule has 0 unspecified atom stereocenters. The van der Waals surface area contributed by atoms with E-state index in [-0.39, 0.29) is 5.75 Å². The molecule has 10 aromatic carbocycles. The van der Waals surface area contributed by atoms with E-state index >= 15 is 0 Å². The van der Waals surface area contributed by atoms with E-state index in [1.54, 1.807) is 0 Å². The van der Waals surface area contributed by atoms with Gasteiger partial charge in [-0.1, -0.05) is 176 Å². The minimum atomic E-state index is 0.282. The van der Waals surface area contributed by atoms with Crippen LogP contribution in [0.25, 0.3) is 99.1 Å². The Morgan fingerprint density at radius 3 is 1.32 bits per heavy atom. The molecule has 0 aliphatic rings. The Morgan fingerprint density at radius 2 is 0.661 bits per heavy atom. The fourth-order valence-corrected chi connectivity index (χ4v) is 8.42. The Bertz CT molecular complexity index is 3050. The topological polar surface area (TPSA) is 20.2 Å². The van der Waals surface area contributed by atoms with Crippen LogP contribution in [0.2, 0.25) is 0 Å². The second-order valence-electron chi connectivity index (χ2n) is 14.7. The number of phenols is 1. The van der Waals surface area contributed by atoms with E-state index in [0.29, 0.717) is 0 Å². The lowest BCUT2D eigenvalue weighted by atomic mass is 9.88. The van der Waals surface area contributed by atoms with Crippen LogP contribution in [0.3, 0.4) is 0 Å². The fourth-order valence-electron chi connectivity index (χ4n) is 8.42. The fraction of sp³-hybridized carbons (Fsp3) is 0.0182. The average molecular weight is 715 g/mol. The van der Waals surface area contributed by atoms with Gasteiger partial charge in [-0.15, -0.1) is 0 Å². The summed E-state index contributed by atoms with van der Waals surface area (Å²) in [6, 6.07) is 73.4. The van der Waals surface area contributed by atoms with Gasteiger partial charge in [0.2, 0.25) is 0 Å². The minimum absolute atomic E-state index is 0.282. The number of hydrogen-bond donors (Lipinski definition) is 1. The van der Waals surface area contributed by atoms with Crippen LogP contribution in [-0.4, -0.2) is 5.11 Å². The highest BCUT2D eigenvalue weighted by Gasteiger charge is 2.17. The summed E-state index contributed by atoms with van der Waals surface area (Å²) < 4.78 is 0. The monoisotopic (exact) mass is 714 g/mol. The van der Waals surface area contributed by atoms with Crippen LogP contribution < -0.4 is 0 Å². The van der Waals surface area contributed by atoms with Gasteiger partial charge >= 0.3 is 0 Å². The number of aryl methyl sites for hydroxylation is 1. The minimum Gasteiger partial charge on any atom is -0.507 e. The first-order valence-electron chi connectivity index (χ1n) is 19.2. The van der Waals surface area contributed by atoms with Crippen LogP contribution in [0.1, 0.15) is 5.56 Å². The van der Waals surface area contributed by atoms with E-state index in [2.05, 4.69) is 195 Å². The summed E-state index contributed by atoms with van der Waals surface area (Å²) in [5.74, 6) is 0.282. The zero-order valence-electron chi connectivity index (χ0n) is 31.1. The van der Waals surface area contributed by atoms with Crippen molar-refractivity contribution in [2.45, 2.75) is 6.92 Å². The third-order valence-electron chi connectivity index (χ3n) is 11.3. The van der Waals surface area contributed by atoms with Crippen LogP contribution >= 0.6 is 0 Å². The molecule has 1 heteroatoms. The Hall–Kier alpha value is -7.22. The Labute approximate surface area is 327 Å². The predicted octanol–water partition coefficient (Wildman–Crippen LogP) is 15.2. The molecule has 0 fully saturated rings. The number of phenolic OH excluding ortho intramolecular Hbond substituents is 1. The van der Waals surface area contributed by atoms with E-state index < -0.39 is 0 Å². The summed E-state index contributed by atoms with van der Waals surface area (Å²) >= 11 is 0. The zero-order valence-corrected chi connectivity index (χ0v) is 31.1. The predicted molar refractivity (Wildman–Crippen MR) is 238 cm³/mol. The molecular weight excluding hydrogens is 677 g/mol. The molecule has 0 atom stereocenters. The highest BCUT2D eigenvalue weighted by Crippen LogP contribution is 2.44. The van der Waals surface area contributed by atoms with Gasteiger partial charge in [-0.3, -0.25) is 0 Å². The quantitative estimate of drug-likeness (QED) is 0.170. The molecule has 0 radical (unpaired) electrons. The summed E-state index contributed by atoms with van der Waals surface area (Å²) in [5, 5.41) is 19.7. The SMILES string of the molecule is Cc1ccccc1-c1cc(-c2cccc(-c3ccc4c5ccccc5c5ccccc5c4c3)c2)cc(-c2cccc(-c3ccc(-c4ccccc4)cc3)c2)c1O. The second-order valence-corrected chi connectivity index (χ2v) is 14.7. The molecule has 0 bridgehead atoms. The molecule has 1 nitrogen and oxygen atoms in total. The lowest BCUT2D eigenvalue weighted by Crippen LogP contribution is -1.91. The van der Waals surface area contributed by atoms with Crippen LogP contribution in [-0.2, 0) is 0 Å². The molecule has 264 valence electrons. The molecule has 0 heterocycles. The second kappa shape index (κ2) is 13.9. The van der Waals surface area contributed by atoms with E-state index in [1.807, 2.05) is 18.2 Å². The molecule has 0 spiro atoms. The molecule has 1 N–H and O–H groups in total. The third-order valence-corrected chi connectivity index (χ3v) is 11.3. The highest BCUT2D eigenvalue weighted by atomic mass is 16.3. The van der Waals surface area contributed by atoms with E-state index in [0.717, 1.165) is 55.6 Å². The lowest BCUT2D eigenvalue weighted by molar-refractivity contribution is 0.479. The lowest BCUT2D eigenvalue weighted by Gasteiger charge is -2.17. The van der Waals surface area contributed by atoms with Gasteiger partial charge in [0.05, 0.1) is 0 Å². The summed E-state index contributed by atoms with van der Waals surface area (Å²) in [6.07, 6.45) is 0. The van der Waals surface area contributed by atoms with Crippen LogP contribution in [0.5, 0.6) is 5.75 Å². The summed E-state index contributed by atoms with van der Waals surface area (Å²) in [7, 11) is 0. The zero-order chi connectivity index (χ0) is 37.6. The maximum absolute atomic E-state index is 12.1. The molecule has 0 saturated carbocycles. The molecule has 0 amide bonds. The summed E-state index contributed by atoms with van der Waals surface area (Å²) in [4.78, 5) is 0. The molecule has 0 aliphatic heterocycles. The maximum Gasteiger partial charge on any atom is 0.131 e. The Kier molecular flexibility index (Phi) is 8.27. The van der Waals surface area contributed by atoms with E-state index in [9.17, 15) is 5.11 Å². The summed E-state index contributed by atoms with van der Waals surface area (Å²) in [5.41, 5.74) is 13.8. The van der Waals surface area contributed by atoms with Crippen molar-refractivity contribution in [2.75, 3.05) is 0 Å². The molecule has 10 rings (SSSR count). The normalized spacial score (nSPS) is 11.4. The standard InChI is InChI=1S/C55H38O/c1-36-13-5-6-20-46(36)54-35-45(34-52(55(54)56)44-19-12-16-40(32-44)39-27-25-38(26-28-39)37-14-3-2-4-15-37)42-18-11-17-41(31-42)43-29-30-51-49-23-8-7-21-47(49)48-22-9-10-24-50(48)53(51)33-43/h2-35,56H,1H3. The number of aromatic hydroxyl groups is 1. The molecule has 56 heavy (non-hydrogen) atoms. The van der Waals surface area contributed by atoms with Crippen molar-refractivity contribution < 1.29 is 5.11 Å². The average Bonchev–Trinajstić information content (AvgIpc) is 3.27. The van der Waals surface area contributed by atoms with E-state index in [1.165, 1.54) is 49.0 Å². The number of hydrogen-bond acceptors (Lipinski definition) is 1. The Morgan fingerprint density at radius 1 is 0.250 bits per heavy atom. The van der Waals surface area contributed by atoms with Crippen LogP contribution in [0, 0.1) is 6.92 Å². The van der Waals surface area contributed by atoms with Crippen molar-refractivity contribution in [1.82, 2.24) is 0 Å². The number of benzene rings is 10. The molecule has 0 aliphatic carbocycles. The molecule has 0 aromatic heterocycles. The number of rotatable bonds is 6. The largest absolute Gasteiger partial charge is 0.507 e. The first-order valence-corrected chi connectivity index (χ1v) is 19.2. The first-order chi connectivity index (χ1) is 27.6. The van der Waals surface area contributed by atoms with Crippen molar-refractivity contribution in [1.29, 1.82) is 0 Å². The van der Waals surface area contributed by atoms with Gasteiger partial charge in [-0.25, -0.2) is 0 Å². The van der Waals surface area contributed by atoms with Gasteiger partial charge in [-0.05, 0) is 131 Å². The van der Waals surface area contributed by atoms with Crippen molar-refractivity contribution in [3.8, 4) is 72.5 Å². The first kappa shape index (κ1) is 33.4. The van der Waals surface area contributed by atoms with Crippen molar-refractivity contribution in [3.05, 3.63) is 212 Å². The van der Waals surface area contributed by atoms with Gasteiger partial charge in [0.1, 0.15) is 5.75 Å². The van der Waals surface area contributed by atoms with Crippen molar-refractivity contribution in [3.63, 3.8) is 0 Å². The third kappa shape index (κ3) is 5.91. The van der Waals surface area contributed by atoms with Gasteiger partial charge in [0.25, 0.3) is 0 Å². The van der Waals surface area contributed by atoms with Crippen LogP contribution in [0.15, 0.2) is 206 Å². The van der Waals surface area contributed by atoms with Gasteiger partial charge in [-0.2, -0.15) is 0 Å². The number of fused-ring (bicyclic) bond motifs is 6. The van der Waals surface area contributed by atoms with Gasteiger partial charge < -0.3 is 5.11 Å². The summed E-state index contributed by atoms with van der Waals surface area (Å²) in [6.45, 7) is 2.11.